The van der Waals surface area contributed by atoms with Crippen LogP contribution in [0.25, 0.3) is 0 Å². The molecule has 0 heterocycles. The number of nitrogens with one attached hydrogen (secondary N) is 1. The highest BCUT2D eigenvalue weighted by molar-refractivity contribution is 6.30. The van der Waals surface area contributed by atoms with Gasteiger partial charge in [-0.15, -0.1) is 0 Å². The van der Waals surface area contributed by atoms with Gasteiger partial charge in [0, 0.05) is 23.3 Å². The van der Waals surface area contributed by atoms with Gasteiger partial charge in [0.05, 0.1) is 13.7 Å². The maximum absolute atomic E-state index is 12.3. The fourth-order valence-electron chi connectivity index (χ4n) is 2.22. The molecule has 0 saturated heterocycles. The first-order chi connectivity index (χ1) is 12.5. The van der Waals surface area contributed by atoms with E-state index in [0.29, 0.717) is 28.8 Å². The topological polar surface area (TPSA) is 67.9 Å². The number of methoxy groups -OCH3 is 1. The smallest absolute Gasteiger partial charge is 0.260 e. The van der Waals surface area contributed by atoms with Gasteiger partial charge >= 0.3 is 0 Å². The molecule has 6 nitrogen and oxygen atoms in total. The van der Waals surface area contributed by atoms with E-state index in [9.17, 15) is 9.59 Å². The van der Waals surface area contributed by atoms with Gasteiger partial charge in [0.1, 0.15) is 11.5 Å². The van der Waals surface area contributed by atoms with Crippen LogP contribution in [0.3, 0.4) is 0 Å². The molecule has 0 unspecified atom stereocenters. The molecular formula is C19H21ClN2O4. The summed E-state index contributed by atoms with van der Waals surface area (Å²) >= 11 is 5.81. The van der Waals surface area contributed by atoms with Gasteiger partial charge in [0.25, 0.3) is 5.91 Å². The first-order valence-electron chi connectivity index (χ1n) is 8.12. The van der Waals surface area contributed by atoms with Gasteiger partial charge in [0.15, 0.2) is 6.61 Å². The summed E-state index contributed by atoms with van der Waals surface area (Å²) in [5, 5.41) is 3.34. The molecule has 1 N–H and O–H groups in total. The minimum atomic E-state index is -0.292. The largest absolute Gasteiger partial charge is 0.497 e. The lowest BCUT2D eigenvalue weighted by Crippen LogP contribution is -2.40. The van der Waals surface area contributed by atoms with Crippen LogP contribution < -0.4 is 14.8 Å². The summed E-state index contributed by atoms with van der Waals surface area (Å²) in [7, 11) is 1.55. The zero-order chi connectivity index (χ0) is 18.9. The van der Waals surface area contributed by atoms with Crippen LogP contribution in [0.4, 0.5) is 5.69 Å². The Balaban J connectivity index is 1.87. The highest BCUT2D eigenvalue weighted by Gasteiger charge is 2.16. The summed E-state index contributed by atoms with van der Waals surface area (Å²) in [6, 6.07) is 13.7. The summed E-state index contributed by atoms with van der Waals surface area (Å²) in [6.07, 6.45) is 0. The Bertz CT molecular complexity index is 749. The number of likely N-dealkylation sites (N-methyl/N-ethyl adjacent to an activating group) is 1. The number of anilines is 1. The molecular weight excluding hydrogens is 356 g/mol. The molecule has 0 aliphatic heterocycles. The van der Waals surface area contributed by atoms with E-state index in [4.69, 9.17) is 21.1 Å². The van der Waals surface area contributed by atoms with E-state index in [0.717, 1.165) is 0 Å². The summed E-state index contributed by atoms with van der Waals surface area (Å²) in [4.78, 5) is 25.9. The van der Waals surface area contributed by atoms with Crippen LogP contribution in [0.2, 0.25) is 5.02 Å². The first kappa shape index (κ1) is 19.6. The van der Waals surface area contributed by atoms with Crippen LogP contribution in [-0.4, -0.2) is 43.5 Å². The van der Waals surface area contributed by atoms with E-state index in [2.05, 4.69) is 5.32 Å². The van der Waals surface area contributed by atoms with Crippen molar-refractivity contribution in [1.82, 2.24) is 4.90 Å². The summed E-state index contributed by atoms with van der Waals surface area (Å²) in [5.74, 6) is 0.616. The number of nitrogens with zero attached hydrogens (tertiary/aromatic N) is 1. The number of hydrogen-bond donors (Lipinski definition) is 1. The Morgan fingerprint density at radius 2 is 1.85 bits per heavy atom. The van der Waals surface area contributed by atoms with Crippen LogP contribution in [0.1, 0.15) is 6.92 Å². The fraction of sp³-hybridized carbons (Fsp3) is 0.263. The number of amides is 2. The first-order valence-corrected chi connectivity index (χ1v) is 8.49. The fourth-order valence-corrected chi connectivity index (χ4v) is 2.34. The van der Waals surface area contributed by atoms with Crippen LogP contribution in [0.5, 0.6) is 11.5 Å². The molecule has 0 aliphatic rings. The standard InChI is InChI=1S/C19H21ClN2O4/c1-3-22(19(24)13-26-16-9-7-14(20)8-10-16)12-18(23)21-15-5-4-6-17(11-15)25-2/h4-11H,3,12-13H2,1-2H3,(H,21,23). The number of halogens is 1. The SMILES string of the molecule is CCN(CC(=O)Nc1cccc(OC)c1)C(=O)COc1ccc(Cl)cc1. The Morgan fingerprint density at radius 3 is 2.50 bits per heavy atom. The molecule has 2 aromatic rings. The Labute approximate surface area is 157 Å². The minimum Gasteiger partial charge on any atom is -0.497 e. The maximum Gasteiger partial charge on any atom is 0.260 e. The molecule has 138 valence electrons. The second-order valence-electron chi connectivity index (χ2n) is 5.43. The molecule has 0 fully saturated rings. The van der Waals surface area contributed by atoms with E-state index in [1.165, 1.54) is 4.90 Å². The van der Waals surface area contributed by atoms with Gasteiger partial charge in [-0.1, -0.05) is 17.7 Å². The number of rotatable bonds is 8. The van der Waals surface area contributed by atoms with Crippen molar-refractivity contribution in [3.63, 3.8) is 0 Å². The average molecular weight is 377 g/mol. The van der Waals surface area contributed by atoms with Crippen molar-refractivity contribution in [2.45, 2.75) is 6.92 Å². The summed E-state index contributed by atoms with van der Waals surface area (Å²) < 4.78 is 10.6. The quantitative estimate of drug-likeness (QED) is 0.768. The molecule has 0 bridgehead atoms. The average Bonchev–Trinajstić information content (AvgIpc) is 2.65. The predicted octanol–water partition coefficient (Wildman–Crippen LogP) is 3.21. The van der Waals surface area contributed by atoms with E-state index in [-0.39, 0.29) is 25.0 Å². The third-order valence-electron chi connectivity index (χ3n) is 3.60. The van der Waals surface area contributed by atoms with Crippen LogP contribution in [0, 0.1) is 0 Å². The number of carbonyl (C=O) groups is 2. The highest BCUT2D eigenvalue weighted by atomic mass is 35.5. The Kier molecular flexibility index (Phi) is 7.29. The van der Waals surface area contributed by atoms with Crippen molar-refractivity contribution < 1.29 is 19.1 Å². The molecule has 0 atom stereocenters. The summed E-state index contributed by atoms with van der Waals surface area (Å²) in [5.41, 5.74) is 0.607. The van der Waals surface area contributed by atoms with Crippen molar-refractivity contribution in [2.24, 2.45) is 0 Å². The van der Waals surface area contributed by atoms with E-state index in [1.807, 2.05) is 0 Å². The molecule has 2 aromatic carbocycles. The molecule has 26 heavy (non-hydrogen) atoms. The lowest BCUT2D eigenvalue weighted by Gasteiger charge is -2.20. The lowest BCUT2D eigenvalue weighted by atomic mass is 10.3. The maximum atomic E-state index is 12.3. The zero-order valence-corrected chi connectivity index (χ0v) is 15.5. The Hall–Kier alpha value is -2.73. The summed E-state index contributed by atoms with van der Waals surface area (Å²) in [6.45, 7) is 1.99. The number of hydrogen-bond acceptors (Lipinski definition) is 4. The van der Waals surface area contributed by atoms with Crippen LogP contribution in [-0.2, 0) is 9.59 Å². The molecule has 0 radical (unpaired) electrons. The van der Waals surface area contributed by atoms with Gasteiger partial charge in [-0.05, 0) is 43.3 Å². The van der Waals surface area contributed by atoms with Gasteiger partial charge in [-0.25, -0.2) is 0 Å². The molecule has 0 aliphatic carbocycles. The van der Waals surface area contributed by atoms with Crippen molar-refractivity contribution in [3.8, 4) is 11.5 Å². The van der Waals surface area contributed by atoms with Gasteiger partial charge in [-0.3, -0.25) is 9.59 Å². The number of carbonyl (C=O) groups excluding carboxylic acids is 2. The molecule has 0 saturated carbocycles. The third-order valence-corrected chi connectivity index (χ3v) is 3.85. The van der Waals surface area contributed by atoms with E-state index < -0.39 is 0 Å². The van der Waals surface area contributed by atoms with E-state index >= 15 is 0 Å². The highest BCUT2D eigenvalue weighted by Crippen LogP contribution is 2.17. The molecule has 7 heteroatoms. The van der Waals surface area contributed by atoms with Crippen molar-refractivity contribution in [3.05, 3.63) is 53.6 Å². The van der Waals surface area contributed by atoms with Gasteiger partial charge < -0.3 is 19.7 Å². The molecule has 0 aromatic heterocycles. The molecule has 0 spiro atoms. The third kappa shape index (κ3) is 5.97. The predicted molar refractivity (Wildman–Crippen MR) is 101 cm³/mol. The normalized spacial score (nSPS) is 10.1. The second-order valence-corrected chi connectivity index (χ2v) is 5.87. The van der Waals surface area contributed by atoms with Crippen molar-refractivity contribution >= 4 is 29.1 Å². The number of benzene rings is 2. The monoisotopic (exact) mass is 376 g/mol. The lowest BCUT2D eigenvalue weighted by molar-refractivity contribution is -0.136. The molecule has 2 amide bonds. The van der Waals surface area contributed by atoms with Crippen LogP contribution in [0.15, 0.2) is 48.5 Å². The Morgan fingerprint density at radius 1 is 1.12 bits per heavy atom. The van der Waals surface area contributed by atoms with Gasteiger partial charge in [0.2, 0.25) is 5.91 Å². The van der Waals surface area contributed by atoms with Gasteiger partial charge in [-0.2, -0.15) is 0 Å². The number of ether oxygens (including phenoxy) is 2. The van der Waals surface area contributed by atoms with E-state index in [1.54, 1.807) is 62.6 Å². The minimum absolute atomic E-state index is 0.0590. The van der Waals surface area contributed by atoms with Crippen molar-refractivity contribution in [2.75, 3.05) is 32.1 Å². The zero-order valence-electron chi connectivity index (χ0n) is 14.7. The molecule has 2 rings (SSSR count). The van der Waals surface area contributed by atoms with Crippen LogP contribution >= 0.6 is 11.6 Å². The second kappa shape index (κ2) is 9.68. The van der Waals surface area contributed by atoms with Crippen molar-refractivity contribution in [1.29, 1.82) is 0 Å².